The molecule has 0 saturated carbocycles. The van der Waals surface area contributed by atoms with E-state index < -0.39 is 29.2 Å². The van der Waals surface area contributed by atoms with Crippen molar-refractivity contribution < 1.29 is 24.5 Å². The van der Waals surface area contributed by atoms with E-state index in [-0.39, 0.29) is 24.8 Å². The second-order valence-corrected chi connectivity index (χ2v) is 9.01. The number of rotatable bonds is 4. The van der Waals surface area contributed by atoms with Gasteiger partial charge in [0.2, 0.25) is 11.8 Å². The Kier molecular flexibility index (Phi) is 5.98. The number of hydrogen-bond acceptors (Lipinski definition) is 7. The maximum Gasteiger partial charge on any atom is 0.248 e. The molecule has 3 heterocycles. The molecule has 0 radical (unpaired) electrons. The molecule has 10 heteroatoms. The lowest BCUT2D eigenvalue weighted by Crippen LogP contribution is -2.49. The Hall–Kier alpha value is -2.04. The average molecular weight is 409 g/mol. The third-order valence-electron chi connectivity index (χ3n) is 5.74. The lowest BCUT2D eigenvalue weighted by atomic mass is 9.85. The van der Waals surface area contributed by atoms with Gasteiger partial charge in [0.25, 0.3) is 0 Å². The van der Waals surface area contributed by atoms with Crippen LogP contribution in [0.2, 0.25) is 0 Å². The number of nitrogens with zero attached hydrogens (tertiary/aromatic N) is 4. The molecule has 3 rings (SSSR count). The van der Waals surface area contributed by atoms with Gasteiger partial charge in [0, 0.05) is 46.1 Å². The molecular weight excluding hydrogens is 378 g/mol. The Morgan fingerprint density at radius 3 is 2.59 bits per heavy atom. The molecule has 0 aromatic carbocycles. The summed E-state index contributed by atoms with van der Waals surface area (Å²) in [7, 11) is 1.51. The molecule has 2 aliphatic heterocycles. The SMILES string of the molecule is CNC(=O)[C@H]1CC(O)CN1C(=O)C(n1cc(C2(O)CCOCC2)nn1)C(C)(C)C. The van der Waals surface area contributed by atoms with Crippen LogP contribution in [0.3, 0.4) is 0 Å². The molecular formula is C19H31N5O5. The predicted molar refractivity (Wildman–Crippen MR) is 103 cm³/mol. The first-order valence-corrected chi connectivity index (χ1v) is 9.99. The van der Waals surface area contributed by atoms with Gasteiger partial charge < -0.3 is 25.2 Å². The monoisotopic (exact) mass is 409 g/mol. The number of carbonyl (C=O) groups is 2. The molecule has 0 aliphatic carbocycles. The zero-order valence-corrected chi connectivity index (χ0v) is 17.5. The highest BCUT2D eigenvalue weighted by Gasteiger charge is 2.45. The molecule has 2 unspecified atom stereocenters. The van der Waals surface area contributed by atoms with Gasteiger partial charge in [-0.3, -0.25) is 9.59 Å². The van der Waals surface area contributed by atoms with E-state index in [1.54, 1.807) is 6.20 Å². The van der Waals surface area contributed by atoms with Crippen LogP contribution in [0.4, 0.5) is 0 Å². The molecule has 29 heavy (non-hydrogen) atoms. The van der Waals surface area contributed by atoms with Crippen LogP contribution in [0.5, 0.6) is 0 Å². The van der Waals surface area contributed by atoms with Gasteiger partial charge in [0.1, 0.15) is 23.4 Å². The van der Waals surface area contributed by atoms with E-state index in [4.69, 9.17) is 4.74 Å². The Balaban J connectivity index is 1.91. The third kappa shape index (κ3) is 4.29. The summed E-state index contributed by atoms with van der Waals surface area (Å²) < 4.78 is 6.79. The van der Waals surface area contributed by atoms with E-state index in [0.29, 0.717) is 31.7 Å². The smallest absolute Gasteiger partial charge is 0.248 e. The molecule has 3 N–H and O–H groups in total. The van der Waals surface area contributed by atoms with Crippen molar-refractivity contribution in [2.75, 3.05) is 26.8 Å². The topological polar surface area (TPSA) is 130 Å². The Morgan fingerprint density at radius 1 is 1.34 bits per heavy atom. The molecule has 10 nitrogen and oxygen atoms in total. The summed E-state index contributed by atoms with van der Waals surface area (Å²) in [6.45, 7) is 6.67. The maximum absolute atomic E-state index is 13.5. The molecule has 2 aliphatic rings. The van der Waals surface area contributed by atoms with Gasteiger partial charge in [-0.25, -0.2) is 4.68 Å². The Bertz CT molecular complexity index is 752. The predicted octanol–water partition coefficient (Wildman–Crippen LogP) is -0.429. The van der Waals surface area contributed by atoms with Gasteiger partial charge in [0.05, 0.1) is 12.3 Å². The highest BCUT2D eigenvalue weighted by atomic mass is 16.5. The third-order valence-corrected chi connectivity index (χ3v) is 5.74. The number of nitrogens with one attached hydrogen (secondary N) is 1. The molecule has 2 fully saturated rings. The van der Waals surface area contributed by atoms with Gasteiger partial charge in [-0.05, 0) is 5.41 Å². The zero-order chi connectivity index (χ0) is 21.4. The highest BCUT2D eigenvalue weighted by molar-refractivity contribution is 5.90. The van der Waals surface area contributed by atoms with Gasteiger partial charge in [0.15, 0.2) is 0 Å². The molecule has 1 aromatic heterocycles. The number of carbonyl (C=O) groups excluding carboxylic acids is 2. The van der Waals surface area contributed by atoms with E-state index in [9.17, 15) is 19.8 Å². The van der Waals surface area contributed by atoms with Gasteiger partial charge in [-0.2, -0.15) is 0 Å². The number of likely N-dealkylation sites (tertiary alicyclic amines) is 1. The second kappa shape index (κ2) is 8.00. The number of aliphatic hydroxyl groups is 2. The van der Waals surface area contributed by atoms with E-state index in [0.717, 1.165) is 0 Å². The molecule has 0 spiro atoms. The van der Waals surface area contributed by atoms with Crippen molar-refractivity contribution in [3.05, 3.63) is 11.9 Å². The minimum Gasteiger partial charge on any atom is -0.391 e. The van der Waals surface area contributed by atoms with E-state index in [1.807, 2.05) is 20.8 Å². The van der Waals surface area contributed by atoms with Gasteiger partial charge in [-0.1, -0.05) is 26.0 Å². The molecule has 2 saturated heterocycles. The first-order valence-electron chi connectivity index (χ1n) is 9.99. The summed E-state index contributed by atoms with van der Waals surface area (Å²) in [5.41, 5.74) is -1.26. The summed E-state index contributed by atoms with van der Waals surface area (Å²) in [6, 6.07) is -1.47. The molecule has 3 atom stereocenters. The fourth-order valence-electron chi connectivity index (χ4n) is 4.09. The van der Waals surface area contributed by atoms with Crippen LogP contribution >= 0.6 is 0 Å². The van der Waals surface area contributed by atoms with Crippen LogP contribution in [-0.2, 0) is 19.9 Å². The summed E-state index contributed by atoms with van der Waals surface area (Å²) in [6.07, 6.45) is 1.88. The normalized spacial score (nSPS) is 25.7. The number of amides is 2. The van der Waals surface area contributed by atoms with Crippen molar-refractivity contribution in [1.82, 2.24) is 25.2 Å². The largest absolute Gasteiger partial charge is 0.391 e. The van der Waals surface area contributed by atoms with Crippen molar-refractivity contribution in [3.63, 3.8) is 0 Å². The van der Waals surface area contributed by atoms with Crippen molar-refractivity contribution in [2.45, 2.75) is 63.8 Å². The number of hydrogen-bond donors (Lipinski definition) is 3. The van der Waals surface area contributed by atoms with Crippen LogP contribution in [0.15, 0.2) is 6.20 Å². The first-order chi connectivity index (χ1) is 13.6. The lowest BCUT2D eigenvalue weighted by Gasteiger charge is -2.34. The second-order valence-electron chi connectivity index (χ2n) is 9.01. The first kappa shape index (κ1) is 21.7. The van der Waals surface area contributed by atoms with E-state index in [2.05, 4.69) is 15.6 Å². The Morgan fingerprint density at radius 2 is 2.00 bits per heavy atom. The van der Waals surface area contributed by atoms with Crippen LogP contribution in [0, 0.1) is 5.41 Å². The minimum absolute atomic E-state index is 0.0896. The van der Waals surface area contributed by atoms with Gasteiger partial charge >= 0.3 is 0 Å². The molecule has 1 aromatic rings. The standard InChI is InChI=1S/C19H31N5O5/c1-18(2,3)15(17(27)23-10-12(25)9-13(23)16(26)20-4)24-11-14(21-22-24)19(28)5-7-29-8-6-19/h11-13,15,25,28H,5-10H2,1-4H3,(H,20,26)/t12?,13-,15?/m1/s1. The maximum atomic E-state index is 13.5. The summed E-state index contributed by atoms with van der Waals surface area (Å²) >= 11 is 0. The molecule has 2 amide bonds. The average Bonchev–Trinajstić information content (AvgIpc) is 3.28. The minimum atomic E-state index is -1.13. The molecule has 162 valence electrons. The highest BCUT2D eigenvalue weighted by Crippen LogP contribution is 2.36. The van der Waals surface area contributed by atoms with E-state index >= 15 is 0 Å². The van der Waals surface area contributed by atoms with Crippen LogP contribution < -0.4 is 5.32 Å². The van der Waals surface area contributed by atoms with Crippen LogP contribution in [0.25, 0.3) is 0 Å². The fourth-order valence-corrected chi connectivity index (χ4v) is 4.09. The van der Waals surface area contributed by atoms with Crippen molar-refractivity contribution in [3.8, 4) is 0 Å². The van der Waals surface area contributed by atoms with Crippen LogP contribution in [0.1, 0.15) is 51.8 Å². The number of β-amino-alcohol motifs (C(OH)–C–C–N with tert-alkyl or cyclic N) is 1. The van der Waals surface area contributed by atoms with E-state index in [1.165, 1.54) is 16.6 Å². The number of aromatic nitrogens is 3. The lowest BCUT2D eigenvalue weighted by molar-refractivity contribution is -0.144. The van der Waals surface area contributed by atoms with Crippen LogP contribution in [-0.4, -0.2) is 80.9 Å². The number of likely N-dealkylation sites (N-methyl/N-ethyl adjacent to an activating group) is 1. The quantitative estimate of drug-likeness (QED) is 0.615. The van der Waals surface area contributed by atoms with Gasteiger partial charge in [-0.15, -0.1) is 5.10 Å². The fraction of sp³-hybridized carbons (Fsp3) is 0.789. The van der Waals surface area contributed by atoms with Crippen molar-refractivity contribution in [2.24, 2.45) is 5.41 Å². The number of ether oxygens (including phenoxy) is 1. The van der Waals surface area contributed by atoms with Crippen molar-refractivity contribution in [1.29, 1.82) is 0 Å². The molecule has 0 bridgehead atoms. The zero-order valence-electron chi connectivity index (χ0n) is 17.5. The summed E-state index contributed by atoms with van der Waals surface area (Å²) in [5.74, 6) is -0.614. The summed E-state index contributed by atoms with van der Waals surface area (Å²) in [5, 5.41) is 31.8. The Labute approximate surface area is 170 Å². The summed E-state index contributed by atoms with van der Waals surface area (Å²) in [4.78, 5) is 27.2. The van der Waals surface area contributed by atoms with Crippen molar-refractivity contribution >= 4 is 11.8 Å². The number of aliphatic hydroxyl groups excluding tert-OH is 1.